The summed E-state index contributed by atoms with van der Waals surface area (Å²) in [4.78, 5) is 0. The van der Waals surface area contributed by atoms with E-state index in [1.54, 1.807) is 0 Å². The number of hydrazine groups is 1. The van der Waals surface area contributed by atoms with Crippen molar-refractivity contribution in [3.63, 3.8) is 0 Å². The lowest BCUT2D eigenvalue weighted by atomic mass is 10.2. The van der Waals surface area contributed by atoms with Gasteiger partial charge in [0.2, 0.25) is 0 Å². The van der Waals surface area contributed by atoms with Crippen LogP contribution in [-0.2, 0) is 0 Å². The predicted octanol–water partition coefficient (Wildman–Crippen LogP) is 1.20. The highest BCUT2D eigenvalue weighted by Crippen LogP contribution is 2.17. The van der Waals surface area contributed by atoms with Crippen molar-refractivity contribution in [2.24, 2.45) is 5.92 Å². The molecule has 0 aromatic rings. The highest BCUT2D eigenvalue weighted by Gasteiger charge is 2.34. The lowest BCUT2D eigenvalue weighted by molar-refractivity contribution is 0.434. The molecule has 0 bridgehead atoms. The SMILES string of the molecule is CCCN1NC1C(C)C. The Morgan fingerprint density at radius 2 is 2.22 bits per heavy atom. The summed E-state index contributed by atoms with van der Waals surface area (Å²) in [5.41, 5.74) is 3.30. The fourth-order valence-corrected chi connectivity index (χ4v) is 1.09. The summed E-state index contributed by atoms with van der Waals surface area (Å²) in [6.45, 7) is 7.89. The van der Waals surface area contributed by atoms with Gasteiger partial charge in [-0.1, -0.05) is 20.8 Å². The molecule has 0 amide bonds. The Kier molecular flexibility index (Phi) is 2.09. The van der Waals surface area contributed by atoms with Gasteiger partial charge in [0.15, 0.2) is 0 Å². The summed E-state index contributed by atoms with van der Waals surface area (Å²) in [5.74, 6) is 0.761. The molecule has 1 aliphatic rings. The van der Waals surface area contributed by atoms with Crippen molar-refractivity contribution in [3.05, 3.63) is 0 Å². The predicted molar refractivity (Wildman–Crippen MR) is 38.8 cm³/mol. The first kappa shape index (κ1) is 7.03. The van der Waals surface area contributed by atoms with Gasteiger partial charge in [-0.2, -0.15) is 0 Å². The molecule has 0 aliphatic carbocycles. The van der Waals surface area contributed by atoms with Crippen molar-refractivity contribution in [2.45, 2.75) is 33.4 Å². The van der Waals surface area contributed by atoms with E-state index < -0.39 is 0 Å². The van der Waals surface area contributed by atoms with Gasteiger partial charge >= 0.3 is 0 Å². The van der Waals surface area contributed by atoms with Gasteiger partial charge < -0.3 is 0 Å². The lowest BCUT2D eigenvalue weighted by Crippen LogP contribution is -2.07. The standard InChI is InChI=1S/C7H16N2/c1-4-5-9-7(8-9)6(2)3/h6-8H,4-5H2,1-3H3. The number of hydrogen-bond acceptors (Lipinski definition) is 2. The van der Waals surface area contributed by atoms with Crippen molar-refractivity contribution >= 4 is 0 Å². The van der Waals surface area contributed by atoms with Crippen LogP contribution in [0.15, 0.2) is 0 Å². The van der Waals surface area contributed by atoms with Gasteiger partial charge in [0.1, 0.15) is 0 Å². The Hall–Kier alpha value is -0.0800. The monoisotopic (exact) mass is 128 g/mol. The van der Waals surface area contributed by atoms with Crippen LogP contribution in [0.4, 0.5) is 0 Å². The van der Waals surface area contributed by atoms with Crippen LogP contribution in [0.3, 0.4) is 0 Å². The molecular weight excluding hydrogens is 112 g/mol. The molecule has 1 rings (SSSR count). The van der Waals surface area contributed by atoms with Crippen LogP contribution in [0.2, 0.25) is 0 Å². The van der Waals surface area contributed by atoms with Crippen molar-refractivity contribution in [3.8, 4) is 0 Å². The minimum atomic E-state index is 0.671. The molecule has 2 atom stereocenters. The molecule has 0 spiro atoms. The molecule has 1 saturated heterocycles. The molecule has 54 valence electrons. The average Bonchev–Trinajstić information content (AvgIpc) is 2.47. The zero-order valence-corrected chi connectivity index (χ0v) is 6.52. The maximum Gasteiger partial charge on any atom is 0.0886 e. The minimum absolute atomic E-state index is 0.671. The van der Waals surface area contributed by atoms with Crippen molar-refractivity contribution in [2.75, 3.05) is 6.54 Å². The van der Waals surface area contributed by atoms with Gasteiger partial charge in [0, 0.05) is 6.54 Å². The molecule has 1 heterocycles. The zero-order valence-electron chi connectivity index (χ0n) is 6.52. The molecule has 2 unspecified atom stereocenters. The van der Waals surface area contributed by atoms with E-state index in [9.17, 15) is 0 Å². The first-order valence-electron chi connectivity index (χ1n) is 3.78. The van der Waals surface area contributed by atoms with E-state index in [2.05, 4.69) is 31.2 Å². The third kappa shape index (κ3) is 1.66. The maximum atomic E-state index is 3.30. The van der Waals surface area contributed by atoms with Gasteiger partial charge in [0.05, 0.1) is 6.17 Å². The van der Waals surface area contributed by atoms with Gasteiger partial charge in [-0.25, -0.2) is 10.4 Å². The summed E-state index contributed by atoms with van der Waals surface area (Å²) in [7, 11) is 0. The fraction of sp³-hybridized carbons (Fsp3) is 1.00. The van der Waals surface area contributed by atoms with Gasteiger partial charge in [-0.15, -0.1) is 0 Å². The second kappa shape index (κ2) is 2.67. The smallest absolute Gasteiger partial charge is 0.0886 e. The Morgan fingerprint density at radius 3 is 2.56 bits per heavy atom. The van der Waals surface area contributed by atoms with Crippen LogP contribution in [0.1, 0.15) is 27.2 Å². The molecule has 0 radical (unpaired) electrons. The summed E-state index contributed by atoms with van der Waals surface area (Å²) in [5, 5.41) is 2.30. The van der Waals surface area contributed by atoms with E-state index in [0.29, 0.717) is 6.17 Å². The fourth-order valence-electron chi connectivity index (χ4n) is 1.09. The van der Waals surface area contributed by atoms with Gasteiger partial charge in [-0.3, -0.25) is 0 Å². The topological polar surface area (TPSA) is 25.0 Å². The first-order chi connectivity index (χ1) is 4.25. The summed E-state index contributed by atoms with van der Waals surface area (Å²) >= 11 is 0. The van der Waals surface area contributed by atoms with E-state index in [-0.39, 0.29) is 0 Å². The summed E-state index contributed by atoms with van der Waals surface area (Å²) < 4.78 is 0. The molecule has 1 aliphatic heterocycles. The van der Waals surface area contributed by atoms with E-state index in [4.69, 9.17) is 0 Å². The number of nitrogens with one attached hydrogen (secondary N) is 1. The van der Waals surface area contributed by atoms with E-state index in [1.807, 2.05) is 0 Å². The quantitative estimate of drug-likeness (QED) is 0.578. The third-order valence-electron chi connectivity index (χ3n) is 1.66. The van der Waals surface area contributed by atoms with Crippen LogP contribution in [0, 0.1) is 5.92 Å². The Bertz CT molecular complexity index is 90.9. The van der Waals surface area contributed by atoms with Crippen molar-refractivity contribution < 1.29 is 0 Å². The molecule has 0 aromatic carbocycles. The minimum Gasteiger partial charge on any atom is -0.235 e. The van der Waals surface area contributed by atoms with Crippen LogP contribution >= 0.6 is 0 Å². The molecular formula is C7H16N2. The lowest BCUT2D eigenvalue weighted by Gasteiger charge is -1.99. The largest absolute Gasteiger partial charge is 0.235 e. The van der Waals surface area contributed by atoms with E-state index in [0.717, 1.165) is 5.92 Å². The second-order valence-electron chi connectivity index (χ2n) is 3.01. The van der Waals surface area contributed by atoms with Crippen LogP contribution in [-0.4, -0.2) is 17.7 Å². The van der Waals surface area contributed by atoms with Crippen LogP contribution < -0.4 is 5.43 Å². The van der Waals surface area contributed by atoms with Crippen LogP contribution in [0.5, 0.6) is 0 Å². The zero-order chi connectivity index (χ0) is 6.85. The van der Waals surface area contributed by atoms with Gasteiger partial charge in [0.25, 0.3) is 0 Å². The molecule has 0 aromatic heterocycles. The Labute approximate surface area is 57.2 Å². The second-order valence-corrected chi connectivity index (χ2v) is 3.01. The molecule has 0 saturated carbocycles. The van der Waals surface area contributed by atoms with Crippen molar-refractivity contribution in [1.29, 1.82) is 0 Å². The summed E-state index contributed by atoms with van der Waals surface area (Å²) in [6, 6.07) is 0. The number of hydrogen-bond donors (Lipinski definition) is 1. The number of nitrogens with zero attached hydrogens (tertiary/aromatic N) is 1. The molecule has 9 heavy (non-hydrogen) atoms. The maximum absolute atomic E-state index is 3.30. The van der Waals surface area contributed by atoms with Crippen LogP contribution in [0.25, 0.3) is 0 Å². The highest BCUT2D eigenvalue weighted by molar-refractivity contribution is 4.79. The van der Waals surface area contributed by atoms with Gasteiger partial charge in [-0.05, 0) is 12.3 Å². The van der Waals surface area contributed by atoms with E-state index in [1.165, 1.54) is 13.0 Å². The van der Waals surface area contributed by atoms with Crippen molar-refractivity contribution in [1.82, 2.24) is 10.4 Å². The average molecular weight is 128 g/mol. The van der Waals surface area contributed by atoms with E-state index >= 15 is 0 Å². The Morgan fingerprint density at radius 1 is 1.56 bits per heavy atom. The Balaban J connectivity index is 2.09. The third-order valence-corrected chi connectivity index (χ3v) is 1.66. The molecule has 2 heteroatoms. The normalized spacial score (nSPS) is 33.3. The first-order valence-corrected chi connectivity index (χ1v) is 3.78. The summed E-state index contributed by atoms with van der Waals surface area (Å²) in [6.07, 6.45) is 1.92. The highest BCUT2D eigenvalue weighted by atomic mass is 15.7. The molecule has 1 fully saturated rings. The molecule has 1 N–H and O–H groups in total. The number of rotatable bonds is 3. The molecule has 2 nitrogen and oxygen atoms in total.